The molecule has 0 fully saturated rings. The van der Waals surface area contributed by atoms with Crippen molar-refractivity contribution in [1.82, 2.24) is 0 Å². The summed E-state index contributed by atoms with van der Waals surface area (Å²) in [6.45, 7) is 1.51. The zero-order valence-electron chi connectivity index (χ0n) is 6.96. The van der Waals surface area contributed by atoms with Gasteiger partial charge in [-0.1, -0.05) is 18.2 Å². The van der Waals surface area contributed by atoms with Gasteiger partial charge in [0.2, 0.25) is 0 Å². The fraction of sp³-hybridized carbons (Fsp3) is 0.300. The summed E-state index contributed by atoms with van der Waals surface area (Å²) in [5.41, 5.74) is 1.47. The minimum atomic E-state index is -0.855. The van der Waals surface area contributed by atoms with E-state index in [1.54, 1.807) is 18.2 Å². The first-order valence-corrected chi connectivity index (χ1v) is 3.90. The molecule has 1 unspecified atom stereocenters. The monoisotopic (exact) mass is 166 g/mol. The van der Waals surface area contributed by atoms with Gasteiger partial charge >= 0.3 is 0 Å². The summed E-state index contributed by atoms with van der Waals surface area (Å²) in [6, 6.07) is 7.01. The number of benzene rings is 1. The number of rotatable bonds is 3. The Labute approximate surface area is 71.2 Å². The molecule has 12 heavy (non-hydrogen) atoms. The van der Waals surface area contributed by atoms with Gasteiger partial charge in [-0.05, 0) is 18.6 Å². The van der Waals surface area contributed by atoms with Crippen LogP contribution in [0.15, 0.2) is 24.3 Å². The molecule has 0 radical (unpaired) electrons. The van der Waals surface area contributed by atoms with Crippen LogP contribution in [0.25, 0.3) is 0 Å². The summed E-state index contributed by atoms with van der Waals surface area (Å²) in [4.78, 5) is 10.4. The van der Waals surface area contributed by atoms with Gasteiger partial charge in [0, 0.05) is 12.0 Å². The highest BCUT2D eigenvalue weighted by atomic mass is 19.1. The van der Waals surface area contributed by atoms with Crippen molar-refractivity contribution in [3.05, 3.63) is 35.4 Å². The minimum Gasteiger partial charge on any atom is -0.298 e. The van der Waals surface area contributed by atoms with E-state index in [-0.39, 0.29) is 0 Å². The molecular formula is C10H11FO. The van der Waals surface area contributed by atoms with E-state index in [2.05, 4.69) is 0 Å². The normalized spacial score (nSPS) is 12.5. The molecule has 64 valence electrons. The Hall–Kier alpha value is -1.18. The first kappa shape index (κ1) is 8.91. The molecular weight excluding hydrogens is 155 g/mol. The Balaban J connectivity index is 2.79. The number of halogens is 1. The number of alkyl halides is 1. The second-order valence-electron chi connectivity index (χ2n) is 2.85. The molecule has 0 bridgehead atoms. The lowest BCUT2D eigenvalue weighted by molar-refractivity contribution is 0.112. The van der Waals surface area contributed by atoms with E-state index in [1.807, 2.05) is 6.07 Å². The molecule has 0 aromatic heterocycles. The molecule has 1 atom stereocenters. The Morgan fingerprint density at radius 3 is 2.92 bits per heavy atom. The van der Waals surface area contributed by atoms with Crippen molar-refractivity contribution in [2.45, 2.75) is 19.5 Å². The SMILES string of the molecule is CC(F)Cc1cccc(C=O)c1. The second kappa shape index (κ2) is 4.00. The van der Waals surface area contributed by atoms with Crippen LogP contribution in [0.1, 0.15) is 22.8 Å². The van der Waals surface area contributed by atoms with Crippen LogP contribution < -0.4 is 0 Å². The van der Waals surface area contributed by atoms with Crippen LogP contribution in [0.2, 0.25) is 0 Å². The fourth-order valence-corrected chi connectivity index (χ4v) is 1.12. The third-order valence-corrected chi connectivity index (χ3v) is 1.60. The molecule has 1 aromatic rings. The zero-order valence-corrected chi connectivity index (χ0v) is 6.96. The van der Waals surface area contributed by atoms with E-state index in [1.165, 1.54) is 6.92 Å². The predicted molar refractivity (Wildman–Crippen MR) is 46.1 cm³/mol. The molecule has 1 aromatic carbocycles. The minimum absolute atomic E-state index is 0.377. The maximum absolute atomic E-state index is 12.5. The topological polar surface area (TPSA) is 17.1 Å². The van der Waals surface area contributed by atoms with Gasteiger partial charge in [0.15, 0.2) is 0 Å². The maximum atomic E-state index is 12.5. The molecule has 0 spiro atoms. The van der Waals surface area contributed by atoms with Crippen LogP contribution in [0, 0.1) is 0 Å². The number of aldehydes is 1. The van der Waals surface area contributed by atoms with Gasteiger partial charge in [-0.15, -0.1) is 0 Å². The molecule has 0 N–H and O–H groups in total. The summed E-state index contributed by atoms with van der Waals surface area (Å²) in [6.07, 6.45) is 0.292. The first-order chi connectivity index (χ1) is 5.72. The smallest absolute Gasteiger partial charge is 0.150 e. The molecule has 1 rings (SSSR count). The van der Waals surface area contributed by atoms with E-state index >= 15 is 0 Å². The van der Waals surface area contributed by atoms with Crippen LogP contribution in [-0.4, -0.2) is 12.5 Å². The maximum Gasteiger partial charge on any atom is 0.150 e. The van der Waals surface area contributed by atoms with Crippen LogP contribution in [0.4, 0.5) is 4.39 Å². The van der Waals surface area contributed by atoms with E-state index in [0.29, 0.717) is 12.0 Å². The van der Waals surface area contributed by atoms with Crippen molar-refractivity contribution in [2.75, 3.05) is 0 Å². The molecule has 0 saturated carbocycles. The van der Waals surface area contributed by atoms with Gasteiger partial charge in [0.05, 0.1) is 0 Å². The largest absolute Gasteiger partial charge is 0.298 e. The Morgan fingerprint density at radius 2 is 2.33 bits per heavy atom. The first-order valence-electron chi connectivity index (χ1n) is 3.90. The van der Waals surface area contributed by atoms with Gasteiger partial charge in [-0.2, -0.15) is 0 Å². The van der Waals surface area contributed by atoms with Gasteiger partial charge in [0.1, 0.15) is 12.5 Å². The number of hydrogen-bond donors (Lipinski definition) is 0. The standard InChI is InChI=1S/C10H11FO/c1-8(11)5-9-3-2-4-10(6-9)7-12/h2-4,6-8H,5H2,1H3. The summed E-state index contributed by atoms with van der Waals surface area (Å²) >= 11 is 0. The highest BCUT2D eigenvalue weighted by Crippen LogP contribution is 2.07. The van der Waals surface area contributed by atoms with Crippen LogP contribution in [0.5, 0.6) is 0 Å². The molecule has 0 aliphatic rings. The van der Waals surface area contributed by atoms with Gasteiger partial charge in [-0.3, -0.25) is 4.79 Å². The van der Waals surface area contributed by atoms with E-state index in [4.69, 9.17) is 0 Å². The Kier molecular flexibility index (Phi) is 2.97. The summed E-state index contributed by atoms with van der Waals surface area (Å²) in [7, 11) is 0. The summed E-state index contributed by atoms with van der Waals surface area (Å²) in [5.74, 6) is 0. The lowest BCUT2D eigenvalue weighted by Crippen LogP contribution is -1.98. The molecule has 0 aliphatic heterocycles. The van der Waals surface area contributed by atoms with Crippen molar-refractivity contribution in [3.63, 3.8) is 0 Å². The van der Waals surface area contributed by atoms with Gasteiger partial charge < -0.3 is 0 Å². The molecule has 0 heterocycles. The van der Waals surface area contributed by atoms with Crippen molar-refractivity contribution < 1.29 is 9.18 Å². The van der Waals surface area contributed by atoms with Crippen LogP contribution in [0.3, 0.4) is 0 Å². The third-order valence-electron chi connectivity index (χ3n) is 1.60. The van der Waals surface area contributed by atoms with E-state index in [0.717, 1.165) is 11.8 Å². The molecule has 0 amide bonds. The highest BCUT2D eigenvalue weighted by molar-refractivity contribution is 5.74. The lowest BCUT2D eigenvalue weighted by atomic mass is 10.1. The summed E-state index contributed by atoms with van der Waals surface area (Å²) < 4.78 is 12.5. The van der Waals surface area contributed by atoms with Crippen LogP contribution >= 0.6 is 0 Å². The van der Waals surface area contributed by atoms with Crippen molar-refractivity contribution in [2.24, 2.45) is 0 Å². The molecule has 1 nitrogen and oxygen atoms in total. The predicted octanol–water partition coefficient (Wildman–Crippen LogP) is 2.40. The number of carbonyl (C=O) groups excluding carboxylic acids is 1. The lowest BCUT2D eigenvalue weighted by Gasteiger charge is -2.01. The fourth-order valence-electron chi connectivity index (χ4n) is 1.12. The molecule has 0 saturated heterocycles. The van der Waals surface area contributed by atoms with Gasteiger partial charge in [0.25, 0.3) is 0 Å². The van der Waals surface area contributed by atoms with Crippen LogP contribution in [-0.2, 0) is 6.42 Å². The average Bonchev–Trinajstić information content (AvgIpc) is 2.03. The van der Waals surface area contributed by atoms with E-state index in [9.17, 15) is 9.18 Å². The molecule has 2 heteroatoms. The average molecular weight is 166 g/mol. The molecule has 0 aliphatic carbocycles. The zero-order chi connectivity index (χ0) is 8.97. The number of carbonyl (C=O) groups is 1. The van der Waals surface area contributed by atoms with Gasteiger partial charge in [-0.25, -0.2) is 4.39 Å². The summed E-state index contributed by atoms with van der Waals surface area (Å²) in [5, 5.41) is 0. The van der Waals surface area contributed by atoms with Crippen molar-refractivity contribution in [1.29, 1.82) is 0 Å². The second-order valence-corrected chi connectivity index (χ2v) is 2.85. The quantitative estimate of drug-likeness (QED) is 0.630. The third kappa shape index (κ3) is 2.46. The number of hydrogen-bond acceptors (Lipinski definition) is 1. The van der Waals surface area contributed by atoms with Crippen molar-refractivity contribution in [3.8, 4) is 0 Å². The Morgan fingerprint density at radius 1 is 1.58 bits per heavy atom. The van der Waals surface area contributed by atoms with Crippen molar-refractivity contribution >= 4 is 6.29 Å². The highest BCUT2D eigenvalue weighted by Gasteiger charge is 2.00. The Bertz CT molecular complexity index is 268. The van der Waals surface area contributed by atoms with E-state index < -0.39 is 6.17 Å².